The first kappa shape index (κ1) is 20.1. The lowest BCUT2D eigenvalue weighted by Gasteiger charge is -2.13. The van der Waals surface area contributed by atoms with Gasteiger partial charge in [0.2, 0.25) is 15.9 Å². The highest BCUT2D eigenvalue weighted by Crippen LogP contribution is 2.21. The number of aromatic nitrogens is 1. The molecule has 2 rings (SSSR count). The molecular weight excluding hydrogens is 350 g/mol. The zero-order valence-corrected chi connectivity index (χ0v) is 16.2. The topological polar surface area (TPSA) is 88.2 Å². The van der Waals surface area contributed by atoms with Gasteiger partial charge in [-0.1, -0.05) is 23.8 Å². The Morgan fingerprint density at radius 1 is 1.08 bits per heavy atom. The van der Waals surface area contributed by atoms with E-state index in [4.69, 9.17) is 0 Å². The summed E-state index contributed by atoms with van der Waals surface area (Å²) in [6.07, 6.45) is 2.44. The van der Waals surface area contributed by atoms with Crippen molar-refractivity contribution in [2.24, 2.45) is 0 Å². The van der Waals surface area contributed by atoms with Crippen LogP contribution in [-0.4, -0.2) is 32.4 Å². The average Bonchev–Trinajstić information content (AvgIpc) is 2.54. The molecule has 1 aromatic heterocycles. The fourth-order valence-electron chi connectivity index (χ4n) is 2.93. The van der Waals surface area contributed by atoms with Gasteiger partial charge in [0, 0.05) is 37.8 Å². The van der Waals surface area contributed by atoms with Gasteiger partial charge in [0.1, 0.15) is 0 Å². The van der Waals surface area contributed by atoms with Gasteiger partial charge in [-0.15, -0.1) is 0 Å². The molecule has 0 saturated carbocycles. The third-order valence-electron chi connectivity index (χ3n) is 3.95. The monoisotopic (exact) mass is 375 g/mol. The second-order valence-corrected chi connectivity index (χ2v) is 8.00. The highest BCUT2D eigenvalue weighted by molar-refractivity contribution is 7.89. The minimum absolute atomic E-state index is 0.0600. The highest BCUT2D eigenvalue weighted by atomic mass is 32.2. The number of nitrogens with zero attached hydrogens (tertiary/aromatic N) is 1. The Bertz CT molecular complexity index is 842. The van der Waals surface area contributed by atoms with Crippen LogP contribution in [0.4, 0.5) is 0 Å². The number of hydrogen-bond acceptors (Lipinski definition) is 4. The first-order chi connectivity index (χ1) is 12.3. The molecule has 0 fully saturated rings. The maximum Gasteiger partial charge on any atom is 0.241 e. The third kappa shape index (κ3) is 5.64. The zero-order chi connectivity index (χ0) is 19.2. The van der Waals surface area contributed by atoms with Gasteiger partial charge in [-0.2, -0.15) is 0 Å². The Hall–Kier alpha value is -2.25. The fraction of sp³-hybridized carbons (Fsp3) is 0.368. The van der Waals surface area contributed by atoms with E-state index >= 15 is 0 Å². The Balaban J connectivity index is 1.82. The second-order valence-electron chi connectivity index (χ2n) is 6.30. The second kappa shape index (κ2) is 8.91. The summed E-state index contributed by atoms with van der Waals surface area (Å²) in [7, 11) is -3.64. The smallest absolute Gasteiger partial charge is 0.241 e. The van der Waals surface area contributed by atoms with Gasteiger partial charge in [-0.25, -0.2) is 13.1 Å². The molecule has 0 spiro atoms. The maximum atomic E-state index is 12.5. The van der Waals surface area contributed by atoms with Crippen molar-refractivity contribution in [2.45, 2.75) is 38.5 Å². The predicted octanol–water partition coefficient (Wildman–Crippen LogP) is 2.03. The summed E-state index contributed by atoms with van der Waals surface area (Å²) in [5.74, 6) is -0.194. The standard InChI is InChI=1S/C19H25N3O3S/c1-14-12-15(2)19(16(3)13-14)26(24,25)22-11-8-18(23)21-10-7-17-6-4-5-9-20-17/h4-6,9,12-13,22H,7-8,10-11H2,1-3H3,(H,21,23). The van der Waals surface area contributed by atoms with E-state index in [2.05, 4.69) is 15.0 Å². The molecule has 1 heterocycles. The molecule has 140 valence electrons. The Labute approximate surface area is 155 Å². The van der Waals surface area contributed by atoms with Crippen molar-refractivity contribution in [2.75, 3.05) is 13.1 Å². The van der Waals surface area contributed by atoms with E-state index in [0.29, 0.717) is 29.0 Å². The molecule has 0 aliphatic heterocycles. The van der Waals surface area contributed by atoms with Crippen LogP contribution in [0.5, 0.6) is 0 Å². The van der Waals surface area contributed by atoms with E-state index in [-0.39, 0.29) is 18.9 Å². The molecule has 7 heteroatoms. The van der Waals surface area contributed by atoms with Crippen molar-refractivity contribution < 1.29 is 13.2 Å². The van der Waals surface area contributed by atoms with Gasteiger partial charge < -0.3 is 5.32 Å². The molecule has 0 bridgehead atoms. The van der Waals surface area contributed by atoms with Crippen molar-refractivity contribution in [1.82, 2.24) is 15.0 Å². The van der Waals surface area contributed by atoms with Crippen LogP contribution in [0.15, 0.2) is 41.4 Å². The van der Waals surface area contributed by atoms with Crippen molar-refractivity contribution in [3.63, 3.8) is 0 Å². The zero-order valence-electron chi connectivity index (χ0n) is 15.4. The number of rotatable bonds is 8. The van der Waals surface area contributed by atoms with Gasteiger partial charge in [0.25, 0.3) is 0 Å². The number of amides is 1. The van der Waals surface area contributed by atoms with Gasteiger partial charge in [-0.05, 0) is 44.0 Å². The van der Waals surface area contributed by atoms with Crippen LogP contribution >= 0.6 is 0 Å². The van der Waals surface area contributed by atoms with E-state index in [9.17, 15) is 13.2 Å². The van der Waals surface area contributed by atoms with Crippen molar-refractivity contribution in [3.05, 3.63) is 58.9 Å². The van der Waals surface area contributed by atoms with Crippen molar-refractivity contribution >= 4 is 15.9 Å². The summed E-state index contributed by atoms with van der Waals surface area (Å²) < 4.78 is 27.5. The lowest BCUT2D eigenvalue weighted by Crippen LogP contribution is -2.32. The number of nitrogens with one attached hydrogen (secondary N) is 2. The Morgan fingerprint density at radius 2 is 1.77 bits per heavy atom. The summed E-state index contributed by atoms with van der Waals surface area (Å²) in [6, 6.07) is 9.31. The molecule has 1 amide bonds. The Morgan fingerprint density at radius 3 is 2.38 bits per heavy atom. The minimum atomic E-state index is -3.64. The van der Waals surface area contributed by atoms with Crippen molar-refractivity contribution in [3.8, 4) is 0 Å². The van der Waals surface area contributed by atoms with E-state index in [1.54, 1.807) is 20.0 Å². The van der Waals surface area contributed by atoms with Crippen LogP contribution < -0.4 is 10.0 Å². The Kier molecular flexibility index (Phi) is 6.88. The number of carbonyl (C=O) groups excluding carboxylic acids is 1. The lowest BCUT2D eigenvalue weighted by atomic mass is 10.1. The third-order valence-corrected chi connectivity index (χ3v) is 5.71. The summed E-state index contributed by atoms with van der Waals surface area (Å²) in [4.78, 5) is 16.3. The van der Waals surface area contributed by atoms with Crippen molar-refractivity contribution in [1.29, 1.82) is 0 Å². The molecule has 0 saturated heterocycles. The quantitative estimate of drug-likeness (QED) is 0.739. The highest BCUT2D eigenvalue weighted by Gasteiger charge is 2.19. The van der Waals surface area contributed by atoms with E-state index in [0.717, 1.165) is 11.3 Å². The molecule has 0 aliphatic rings. The predicted molar refractivity (Wildman–Crippen MR) is 101 cm³/mol. The van der Waals surface area contributed by atoms with Gasteiger partial charge >= 0.3 is 0 Å². The molecular formula is C19H25N3O3S. The molecule has 0 aliphatic carbocycles. The summed E-state index contributed by atoms with van der Waals surface area (Å²) in [6.45, 7) is 6.01. The fourth-order valence-corrected chi connectivity index (χ4v) is 4.41. The van der Waals surface area contributed by atoms with Crippen LogP contribution in [-0.2, 0) is 21.2 Å². The van der Waals surface area contributed by atoms with Gasteiger partial charge in [-0.3, -0.25) is 9.78 Å². The molecule has 6 nitrogen and oxygen atoms in total. The lowest BCUT2D eigenvalue weighted by molar-refractivity contribution is -0.120. The molecule has 2 aromatic rings. The van der Waals surface area contributed by atoms with E-state index in [1.165, 1.54) is 0 Å². The maximum absolute atomic E-state index is 12.5. The first-order valence-corrected chi connectivity index (χ1v) is 10.0. The summed E-state index contributed by atoms with van der Waals surface area (Å²) >= 11 is 0. The van der Waals surface area contributed by atoms with Crippen LogP contribution in [0.25, 0.3) is 0 Å². The van der Waals surface area contributed by atoms with Gasteiger partial charge in [0.15, 0.2) is 0 Å². The van der Waals surface area contributed by atoms with Crippen LogP contribution in [0.1, 0.15) is 28.8 Å². The number of aryl methyl sites for hydroxylation is 3. The van der Waals surface area contributed by atoms with E-state index in [1.807, 2.05) is 37.3 Å². The first-order valence-electron chi connectivity index (χ1n) is 8.54. The number of carbonyl (C=O) groups is 1. The van der Waals surface area contributed by atoms with Crippen LogP contribution in [0.3, 0.4) is 0 Å². The SMILES string of the molecule is Cc1cc(C)c(S(=O)(=O)NCCC(=O)NCCc2ccccn2)c(C)c1. The number of benzene rings is 1. The normalized spacial score (nSPS) is 11.3. The molecule has 26 heavy (non-hydrogen) atoms. The van der Waals surface area contributed by atoms with Gasteiger partial charge in [0.05, 0.1) is 4.90 Å². The van der Waals surface area contributed by atoms with Crippen LogP contribution in [0, 0.1) is 20.8 Å². The molecule has 1 aromatic carbocycles. The molecule has 0 unspecified atom stereocenters. The molecule has 0 radical (unpaired) electrons. The molecule has 0 atom stereocenters. The minimum Gasteiger partial charge on any atom is -0.356 e. The van der Waals surface area contributed by atoms with Crippen LogP contribution in [0.2, 0.25) is 0 Å². The van der Waals surface area contributed by atoms with E-state index < -0.39 is 10.0 Å². The number of pyridine rings is 1. The average molecular weight is 375 g/mol. The molecule has 2 N–H and O–H groups in total. The largest absolute Gasteiger partial charge is 0.356 e. The number of hydrogen-bond donors (Lipinski definition) is 2. The number of sulfonamides is 1. The summed E-state index contributed by atoms with van der Waals surface area (Å²) in [5.41, 5.74) is 3.33. The summed E-state index contributed by atoms with van der Waals surface area (Å²) in [5, 5.41) is 2.77.